The van der Waals surface area contributed by atoms with Gasteiger partial charge < -0.3 is 15.0 Å². The molecule has 19 heavy (non-hydrogen) atoms. The monoisotopic (exact) mass is 282 g/mol. The third-order valence-corrected chi connectivity index (χ3v) is 3.91. The summed E-state index contributed by atoms with van der Waals surface area (Å²) in [7, 11) is 2.16. The molecule has 3 nitrogen and oxygen atoms in total. The first-order valence-corrected chi connectivity index (χ1v) is 7.40. The molecule has 1 aliphatic rings. The SMILES string of the molecule is CN(CCOc1ccccc1Cl)CC1CCNCC1. The molecule has 1 aliphatic heterocycles. The Morgan fingerprint density at radius 1 is 1.32 bits per heavy atom. The summed E-state index contributed by atoms with van der Waals surface area (Å²) >= 11 is 6.05. The van der Waals surface area contributed by atoms with Crippen LogP contribution in [-0.4, -0.2) is 44.7 Å². The van der Waals surface area contributed by atoms with Crippen molar-refractivity contribution in [3.05, 3.63) is 29.3 Å². The second-order valence-corrected chi connectivity index (χ2v) is 5.64. The summed E-state index contributed by atoms with van der Waals surface area (Å²) in [6, 6.07) is 7.63. The number of hydrogen-bond donors (Lipinski definition) is 1. The van der Waals surface area contributed by atoms with E-state index in [-0.39, 0.29) is 0 Å². The van der Waals surface area contributed by atoms with Crippen LogP contribution in [0.1, 0.15) is 12.8 Å². The zero-order chi connectivity index (χ0) is 13.5. The van der Waals surface area contributed by atoms with Crippen molar-refractivity contribution in [3.63, 3.8) is 0 Å². The van der Waals surface area contributed by atoms with Gasteiger partial charge in [-0.25, -0.2) is 0 Å². The minimum atomic E-state index is 0.684. The summed E-state index contributed by atoms with van der Waals surface area (Å²) in [5, 5.41) is 4.08. The Kier molecular flexibility index (Phi) is 5.95. The lowest BCUT2D eigenvalue weighted by Gasteiger charge is -2.27. The summed E-state index contributed by atoms with van der Waals surface area (Å²) in [4.78, 5) is 2.35. The number of hydrogen-bond acceptors (Lipinski definition) is 3. The van der Waals surface area contributed by atoms with Crippen LogP contribution in [0.2, 0.25) is 5.02 Å². The van der Waals surface area contributed by atoms with Crippen molar-refractivity contribution < 1.29 is 4.74 Å². The van der Waals surface area contributed by atoms with Crippen LogP contribution in [0.5, 0.6) is 5.75 Å². The zero-order valence-electron chi connectivity index (χ0n) is 11.6. The number of nitrogens with one attached hydrogen (secondary N) is 1. The Morgan fingerprint density at radius 2 is 2.05 bits per heavy atom. The van der Waals surface area contributed by atoms with Crippen LogP contribution < -0.4 is 10.1 Å². The number of nitrogens with zero attached hydrogens (tertiary/aromatic N) is 1. The first kappa shape index (κ1) is 14.6. The molecule has 0 unspecified atom stereocenters. The van der Waals surface area contributed by atoms with Gasteiger partial charge in [0.2, 0.25) is 0 Å². The summed E-state index contributed by atoms with van der Waals surface area (Å²) < 4.78 is 5.71. The molecule has 1 fully saturated rings. The van der Waals surface area contributed by atoms with Crippen molar-refractivity contribution >= 4 is 11.6 Å². The molecule has 1 heterocycles. The van der Waals surface area contributed by atoms with E-state index in [2.05, 4.69) is 17.3 Å². The number of para-hydroxylation sites is 1. The lowest BCUT2D eigenvalue weighted by atomic mass is 9.98. The molecule has 0 atom stereocenters. The molecule has 0 spiro atoms. The topological polar surface area (TPSA) is 24.5 Å². The molecule has 2 rings (SSSR count). The highest BCUT2D eigenvalue weighted by Gasteiger charge is 2.14. The molecule has 1 aromatic carbocycles. The lowest BCUT2D eigenvalue weighted by Crippen LogP contribution is -2.36. The third-order valence-electron chi connectivity index (χ3n) is 3.60. The van der Waals surface area contributed by atoms with Crippen molar-refractivity contribution in [2.45, 2.75) is 12.8 Å². The van der Waals surface area contributed by atoms with Crippen molar-refractivity contribution in [2.75, 3.05) is 39.8 Å². The predicted molar refractivity (Wildman–Crippen MR) is 80.0 cm³/mol. The predicted octanol–water partition coefficient (Wildman–Crippen LogP) is 2.65. The maximum Gasteiger partial charge on any atom is 0.137 e. The van der Waals surface area contributed by atoms with E-state index in [1.54, 1.807) is 0 Å². The molecule has 4 heteroatoms. The fraction of sp³-hybridized carbons (Fsp3) is 0.600. The molecular formula is C15H23ClN2O. The van der Waals surface area contributed by atoms with E-state index in [4.69, 9.17) is 16.3 Å². The highest BCUT2D eigenvalue weighted by molar-refractivity contribution is 6.32. The van der Waals surface area contributed by atoms with E-state index >= 15 is 0 Å². The largest absolute Gasteiger partial charge is 0.491 e. The van der Waals surface area contributed by atoms with Crippen LogP contribution in [0.15, 0.2) is 24.3 Å². The first-order chi connectivity index (χ1) is 9.25. The number of halogens is 1. The lowest BCUT2D eigenvalue weighted by molar-refractivity contribution is 0.199. The number of piperidine rings is 1. The van der Waals surface area contributed by atoms with Gasteiger partial charge in [-0.1, -0.05) is 23.7 Å². The van der Waals surface area contributed by atoms with Crippen LogP contribution in [0.25, 0.3) is 0 Å². The number of ether oxygens (including phenoxy) is 1. The Hall–Kier alpha value is -0.770. The molecule has 0 aliphatic carbocycles. The molecule has 0 saturated carbocycles. The van der Waals surface area contributed by atoms with Crippen molar-refractivity contribution in [1.29, 1.82) is 0 Å². The van der Waals surface area contributed by atoms with Crippen LogP contribution in [0, 0.1) is 5.92 Å². The molecule has 1 aromatic rings. The van der Waals surface area contributed by atoms with E-state index < -0.39 is 0 Å². The van der Waals surface area contributed by atoms with Gasteiger partial charge in [0.05, 0.1) is 5.02 Å². The van der Waals surface area contributed by atoms with Crippen LogP contribution >= 0.6 is 11.6 Å². The molecule has 1 saturated heterocycles. The van der Waals surface area contributed by atoms with Gasteiger partial charge in [-0.05, 0) is 51.0 Å². The van der Waals surface area contributed by atoms with Gasteiger partial charge in [0.15, 0.2) is 0 Å². The summed E-state index contributed by atoms with van der Waals surface area (Å²) in [6.07, 6.45) is 2.57. The van der Waals surface area contributed by atoms with Crippen LogP contribution in [0.3, 0.4) is 0 Å². The first-order valence-electron chi connectivity index (χ1n) is 7.02. The van der Waals surface area contributed by atoms with Crippen LogP contribution in [-0.2, 0) is 0 Å². The summed E-state index contributed by atoms with van der Waals surface area (Å²) in [5.41, 5.74) is 0. The van der Waals surface area contributed by atoms with Crippen molar-refractivity contribution in [3.8, 4) is 5.75 Å². The van der Waals surface area contributed by atoms with E-state index in [9.17, 15) is 0 Å². The van der Waals surface area contributed by atoms with Gasteiger partial charge in [0.25, 0.3) is 0 Å². The van der Waals surface area contributed by atoms with Crippen molar-refractivity contribution in [2.24, 2.45) is 5.92 Å². The van der Waals surface area contributed by atoms with E-state index in [1.165, 1.54) is 12.8 Å². The zero-order valence-corrected chi connectivity index (χ0v) is 12.3. The van der Waals surface area contributed by atoms with E-state index in [0.29, 0.717) is 11.6 Å². The molecule has 0 amide bonds. The maximum atomic E-state index is 6.05. The minimum absolute atomic E-state index is 0.684. The van der Waals surface area contributed by atoms with Gasteiger partial charge in [0.1, 0.15) is 12.4 Å². The summed E-state index contributed by atoms with van der Waals surface area (Å²) in [6.45, 7) is 5.11. The van der Waals surface area contributed by atoms with Gasteiger partial charge in [-0.2, -0.15) is 0 Å². The van der Waals surface area contributed by atoms with Gasteiger partial charge in [-0.3, -0.25) is 0 Å². The average Bonchev–Trinajstić information content (AvgIpc) is 2.42. The second-order valence-electron chi connectivity index (χ2n) is 5.23. The normalized spacial score (nSPS) is 16.8. The van der Waals surface area contributed by atoms with Gasteiger partial charge in [-0.15, -0.1) is 0 Å². The average molecular weight is 283 g/mol. The fourth-order valence-electron chi connectivity index (χ4n) is 2.47. The summed E-state index contributed by atoms with van der Waals surface area (Å²) in [5.74, 6) is 1.60. The fourth-order valence-corrected chi connectivity index (χ4v) is 2.66. The van der Waals surface area contributed by atoms with Gasteiger partial charge in [0, 0.05) is 13.1 Å². The Balaban J connectivity index is 1.66. The molecule has 106 valence electrons. The molecule has 1 N–H and O–H groups in total. The number of rotatable bonds is 6. The minimum Gasteiger partial charge on any atom is -0.491 e. The third kappa shape index (κ3) is 5.01. The second kappa shape index (κ2) is 7.73. The smallest absolute Gasteiger partial charge is 0.137 e. The quantitative estimate of drug-likeness (QED) is 0.868. The van der Waals surface area contributed by atoms with E-state index in [0.717, 1.165) is 37.8 Å². The van der Waals surface area contributed by atoms with Crippen molar-refractivity contribution in [1.82, 2.24) is 10.2 Å². The van der Waals surface area contributed by atoms with Crippen LogP contribution in [0.4, 0.5) is 0 Å². The molecule has 0 bridgehead atoms. The highest BCUT2D eigenvalue weighted by atomic mass is 35.5. The standard InChI is InChI=1S/C15H23ClN2O/c1-18(12-13-6-8-17-9-7-13)10-11-19-15-5-3-2-4-14(15)16/h2-5,13,17H,6-12H2,1H3. The molecular weight excluding hydrogens is 260 g/mol. The maximum absolute atomic E-state index is 6.05. The highest BCUT2D eigenvalue weighted by Crippen LogP contribution is 2.22. The molecule has 0 aromatic heterocycles. The Labute approximate surface area is 120 Å². The Bertz CT molecular complexity index is 380. The Morgan fingerprint density at radius 3 is 2.79 bits per heavy atom. The molecule has 0 radical (unpaired) electrons. The number of benzene rings is 1. The number of likely N-dealkylation sites (N-methyl/N-ethyl adjacent to an activating group) is 1. The van der Waals surface area contributed by atoms with Gasteiger partial charge >= 0.3 is 0 Å². The van der Waals surface area contributed by atoms with E-state index in [1.807, 2.05) is 24.3 Å².